The summed E-state index contributed by atoms with van der Waals surface area (Å²) in [6, 6.07) is 0. The van der Waals surface area contributed by atoms with E-state index < -0.39 is 0 Å². The molecule has 0 aromatic heterocycles. The maximum atomic E-state index is 4.31. The lowest BCUT2D eigenvalue weighted by Gasteiger charge is -2.36. The Balaban J connectivity index is -0.000000639. The van der Waals surface area contributed by atoms with E-state index in [-0.39, 0.29) is 0 Å². The first-order valence-electron chi connectivity index (χ1n) is 14.2. The summed E-state index contributed by atoms with van der Waals surface area (Å²) in [6.07, 6.45) is 21.8. The van der Waals surface area contributed by atoms with E-state index in [1.165, 1.54) is 53.5 Å². The first-order chi connectivity index (χ1) is 16.8. The average Bonchev–Trinajstić information content (AvgIpc) is 2.82. The van der Waals surface area contributed by atoms with Gasteiger partial charge in [0, 0.05) is 0 Å². The molecule has 0 nitrogen and oxygen atoms in total. The smallest absolute Gasteiger partial charge is 0.0243 e. The fraction of sp³-hybridized carbons (Fsp3) is 0.556. The van der Waals surface area contributed by atoms with E-state index in [0.717, 1.165) is 24.3 Å². The maximum absolute atomic E-state index is 4.31. The van der Waals surface area contributed by atoms with Crippen molar-refractivity contribution in [2.24, 2.45) is 11.3 Å². The molecule has 0 amide bonds. The van der Waals surface area contributed by atoms with Gasteiger partial charge in [-0.15, -0.1) is 0 Å². The lowest BCUT2D eigenvalue weighted by Crippen LogP contribution is -2.24. The van der Waals surface area contributed by atoms with E-state index in [9.17, 15) is 0 Å². The Kier molecular flexibility index (Phi) is 24.9. The Morgan fingerprint density at radius 2 is 1.53 bits per heavy atom. The number of unbranched alkanes of at least 4 members (excludes halogenated alkanes) is 2. The predicted molar refractivity (Wildman–Crippen MR) is 172 cm³/mol. The highest BCUT2D eigenvalue weighted by Gasteiger charge is 2.29. The highest BCUT2D eigenvalue weighted by molar-refractivity contribution is 5.46. The van der Waals surface area contributed by atoms with Crippen molar-refractivity contribution in [1.82, 2.24) is 0 Å². The van der Waals surface area contributed by atoms with Gasteiger partial charge in [-0.3, -0.25) is 0 Å². The lowest BCUT2D eigenvalue weighted by molar-refractivity contribution is 0.215. The second kappa shape index (κ2) is 23.3. The van der Waals surface area contributed by atoms with Crippen LogP contribution < -0.4 is 0 Å². The van der Waals surface area contributed by atoms with Crippen LogP contribution in [-0.2, 0) is 0 Å². The average molecular weight is 495 g/mol. The SMILES string of the molecule is C=C/C=C\C=C/C.C=C1CCC(C(C)(C)C)C/C1=C/C(/C=C(\C)C(=C)C)=C(C)C.CC.CCCCC. The van der Waals surface area contributed by atoms with Gasteiger partial charge in [0.25, 0.3) is 0 Å². The Bertz CT molecular complexity index is 759. The minimum atomic E-state index is 0.369. The van der Waals surface area contributed by atoms with Gasteiger partial charge < -0.3 is 0 Å². The first kappa shape index (κ1) is 38.5. The Labute approximate surface area is 228 Å². The van der Waals surface area contributed by atoms with Crippen molar-refractivity contribution >= 4 is 0 Å². The van der Waals surface area contributed by atoms with E-state index >= 15 is 0 Å². The molecule has 1 aliphatic carbocycles. The lowest BCUT2D eigenvalue weighted by atomic mass is 9.69. The van der Waals surface area contributed by atoms with Crippen molar-refractivity contribution in [2.75, 3.05) is 0 Å². The molecule has 1 atom stereocenters. The molecule has 0 spiro atoms. The van der Waals surface area contributed by atoms with Gasteiger partial charge >= 0.3 is 0 Å². The molecule has 1 rings (SSSR count). The van der Waals surface area contributed by atoms with Crippen molar-refractivity contribution in [3.05, 3.63) is 95.7 Å². The maximum Gasteiger partial charge on any atom is -0.0243 e. The van der Waals surface area contributed by atoms with Gasteiger partial charge in [0.05, 0.1) is 0 Å². The van der Waals surface area contributed by atoms with Crippen LogP contribution in [0.25, 0.3) is 0 Å². The fourth-order valence-corrected chi connectivity index (χ4v) is 3.40. The quantitative estimate of drug-likeness (QED) is 0.309. The van der Waals surface area contributed by atoms with Crippen LogP contribution in [0.2, 0.25) is 0 Å². The normalized spacial score (nSPS) is 16.9. The zero-order valence-corrected chi connectivity index (χ0v) is 26.5. The summed E-state index contributed by atoms with van der Waals surface area (Å²) in [5, 5.41) is 0. The summed E-state index contributed by atoms with van der Waals surface area (Å²) >= 11 is 0. The van der Waals surface area contributed by atoms with Crippen LogP contribution in [0.15, 0.2) is 95.7 Å². The Morgan fingerprint density at radius 3 is 1.89 bits per heavy atom. The fourth-order valence-electron chi connectivity index (χ4n) is 3.40. The number of hydrogen-bond donors (Lipinski definition) is 0. The number of rotatable bonds is 7. The summed E-state index contributed by atoms with van der Waals surface area (Å²) in [6.45, 7) is 37.9. The van der Waals surface area contributed by atoms with Crippen LogP contribution in [0.5, 0.6) is 0 Å². The van der Waals surface area contributed by atoms with Crippen LogP contribution in [0.1, 0.15) is 122 Å². The summed E-state index contributed by atoms with van der Waals surface area (Å²) < 4.78 is 0. The molecule has 0 heteroatoms. The second-order valence-electron chi connectivity index (χ2n) is 10.6. The van der Waals surface area contributed by atoms with E-state index in [1.807, 2.05) is 45.1 Å². The molecule has 0 aromatic carbocycles. The molecule has 0 radical (unpaired) electrons. The largest absolute Gasteiger partial charge is 0.0991 e. The highest BCUT2D eigenvalue weighted by atomic mass is 14.3. The molecule has 0 bridgehead atoms. The van der Waals surface area contributed by atoms with Crippen LogP contribution in [0.3, 0.4) is 0 Å². The van der Waals surface area contributed by atoms with Crippen molar-refractivity contribution in [2.45, 2.75) is 122 Å². The third kappa shape index (κ3) is 20.1. The van der Waals surface area contributed by atoms with Gasteiger partial charge in [-0.25, -0.2) is 0 Å². The summed E-state index contributed by atoms with van der Waals surface area (Å²) in [4.78, 5) is 0. The molecular weight excluding hydrogens is 432 g/mol. The molecular formula is C36H62. The minimum absolute atomic E-state index is 0.369. The van der Waals surface area contributed by atoms with Crippen LogP contribution in [0, 0.1) is 11.3 Å². The third-order valence-corrected chi connectivity index (χ3v) is 6.15. The van der Waals surface area contributed by atoms with Crippen LogP contribution >= 0.6 is 0 Å². The molecule has 1 fully saturated rings. The zero-order valence-electron chi connectivity index (χ0n) is 26.5. The number of hydrogen-bond acceptors (Lipinski definition) is 0. The van der Waals surface area contributed by atoms with E-state index in [2.05, 4.69) is 94.2 Å². The van der Waals surface area contributed by atoms with Gasteiger partial charge in [-0.2, -0.15) is 0 Å². The van der Waals surface area contributed by atoms with Crippen molar-refractivity contribution in [3.8, 4) is 0 Å². The van der Waals surface area contributed by atoms with Crippen molar-refractivity contribution in [3.63, 3.8) is 0 Å². The molecule has 0 aliphatic heterocycles. The monoisotopic (exact) mass is 494 g/mol. The molecule has 0 N–H and O–H groups in total. The Morgan fingerprint density at radius 1 is 0.972 bits per heavy atom. The van der Waals surface area contributed by atoms with Gasteiger partial charge in [0.1, 0.15) is 0 Å². The first-order valence-corrected chi connectivity index (χ1v) is 14.2. The summed E-state index contributed by atoms with van der Waals surface area (Å²) in [5.41, 5.74) is 8.17. The molecule has 36 heavy (non-hydrogen) atoms. The van der Waals surface area contributed by atoms with Crippen LogP contribution in [0.4, 0.5) is 0 Å². The predicted octanol–water partition coefficient (Wildman–Crippen LogP) is 12.7. The van der Waals surface area contributed by atoms with Gasteiger partial charge in [-0.1, -0.05) is 147 Å². The Hall–Kier alpha value is -2.08. The van der Waals surface area contributed by atoms with E-state index in [4.69, 9.17) is 0 Å². The van der Waals surface area contributed by atoms with Gasteiger partial charge in [0.2, 0.25) is 0 Å². The standard InChI is InChI=1S/C22H34.C7H10.C5H12.C2H6/c1-15(2)18(6)12-19(16(3)4)13-20-14-21(22(7,8)9)11-10-17(20)5;1-3-5-7-6-4-2;1-3-5-4-2;1-2/h12-13,21H,1,5,10-11,14H2,2-4,6-9H3;3-7H,1H2,2H3;3-5H2,1-2H3;1-2H3/b18-12+,20-13-;6-4-,7-5-;;. The molecule has 0 saturated heterocycles. The molecule has 1 unspecified atom stereocenters. The van der Waals surface area contributed by atoms with Crippen molar-refractivity contribution in [1.29, 1.82) is 0 Å². The molecule has 1 aliphatic rings. The molecule has 1 saturated carbocycles. The van der Waals surface area contributed by atoms with E-state index in [1.54, 1.807) is 6.08 Å². The van der Waals surface area contributed by atoms with Crippen molar-refractivity contribution < 1.29 is 0 Å². The zero-order chi connectivity index (χ0) is 28.7. The third-order valence-electron chi connectivity index (χ3n) is 6.15. The summed E-state index contributed by atoms with van der Waals surface area (Å²) in [7, 11) is 0. The number of allylic oxidation sites excluding steroid dienone is 13. The van der Waals surface area contributed by atoms with E-state index in [0.29, 0.717) is 5.41 Å². The highest BCUT2D eigenvalue weighted by Crippen LogP contribution is 2.42. The minimum Gasteiger partial charge on any atom is -0.0991 e. The molecule has 0 heterocycles. The van der Waals surface area contributed by atoms with Gasteiger partial charge in [-0.05, 0) is 81.9 Å². The second-order valence-corrected chi connectivity index (χ2v) is 10.6. The topological polar surface area (TPSA) is 0 Å². The molecule has 0 aromatic rings. The molecule has 206 valence electrons. The van der Waals surface area contributed by atoms with Crippen LogP contribution in [-0.4, -0.2) is 0 Å². The summed E-state index contributed by atoms with van der Waals surface area (Å²) in [5.74, 6) is 0.744. The van der Waals surface area contributed by atoms with Gasteiger partial charge in [0.15, 0.2) is 0 Å².